The number of nitrogens with zero attached hydrogens (tertiary/aromatic N) is 1. The summed E-state index contributed by atoms with van der Waals surface area (Å²) in [6.07, 6.45) is 1.13. The topological polar surface area (TPSA) is 75.6 Å². The zero-order valence-corrected chi connectivity index (χ0v) is 16.7. The number of thioether (sulfide) groups is 1. The molecule has 1 unspecified atom stereocenters. The first-order valence-corrected chi connectivity index (χ1v) is 11.0. The fourth-order valence-corrected chi connectivity index (χ4v) is 4.58. The fourth-order valence-electron chi connectivity index (χ4n) is 2.81. The van der Waals surface area contributed by atoms with E-state index in [1.54, 1.807) is 44.2 Å². The molecule has 3 rings (SSSR count). The van der Waals surface area contributed by atoms with Gasteiger partial charge in [-0.2, -0.15) is 0 Å². The van der Waals surface area contributed by atoms with Gasteiger partial charge in [0.15, 0.2) is 15.0 Å². The van der Waals surface area contributed by atoms with Crippen molar-refractivity contribution in [3.05, 3.63) is 65.5 Å². The molecule has 1 aliphatic rings. The van der Waals surface area contributed by atoms with Crippen molar-refractivity contribution in [3.8, 4) is 0 Å². The van der Waals surface area contributed by atoms with Crippen LogP contribution < -0.4 is 5.32 Å². The van der Waals surface area contributed by atoms with E-state index in [-0.39, 0.29) is 16.6 Å². The van der Waals surface area contributed by atoms with Crippen molar-refractivity contribution in [3.63, 3.8) is 0 Å². The SMILES string of the molecule is C[C@H](N=C1NC(=O)C(C)(c2ccc(S(C)(=O)=O)cc2)S1)c1ccccc1F. The smallest absolute Gasteiger partial charge is 0.246 e. The lowest BCUT2D eigenvalue weighted by atomic mass is 9.99. The number of benzene rings is 2. The van der Waals surface area contributed by atoms with Crippen LogP contribution in [-0.4, -0.2) is 25.7 Å². The molecule has 1 amide bonds. The van der Waals surface area contributed by atoms with Crippen LogP contribution in [0.5, 0.6) is 0 Å². The molecule has 1 aliphatic heterocycles. The lowest BCUT2D eigenvalue weighted by Crippen LogP contribution is -2.31. The summed E-state index contributed by atoms with van der Waals surface area (Å²) < 4.78 is 36.2. The summed E-state index contributed by atoms with van der Waals surface area (Å²) in [5, 5.41) is 3.15. The number of amidine groups is 1. The molecule has 0 spiro atoms. The molecule has 1 N–H and O–H groups in total. The normalized spacial score (nSPS) is 22.7. The molecule has 1 heterocycles. The Balaban J connectivity index is 1.87. The van der Waals surface area contributed by atoms with Crippen molar-refractivity contribution in [1.82, 2.24) is 5.32 Å². The highest BCUT2D eigenvalue weighted by molar-refractivity contribution is 8.15. The van der Waals surface area contributed by atoms with E-state index in [1.807, 2.05) is 0 Å². The standard InChI is InChI=1S/C19H19FN2O3S2/c1-12(15-6-4-5-7-16(15)20)21-18-22-17(23)19(2,26-18)13-8-10-14(11-9-13)27(3,24)25/h4-12H,1-3H3,(H,21,22,23)/t12-,19?/m0/s1. The number of nitrogens with one attached hydrogen (secondary N) is 1. The van der Waals surface area contributed by atoms with Gasteiger partial charge in [-0.3, -0.25) is 9.79 Å². The van der Waals surface area contributed by atoms with E-state index in [9.17, 15) is 17.6 Å². The maximum absolute atomic E-state index is 13.9. The number of carbonyl (C=O) groups excluding carboxylic acids is 1. The Bertz CT molecular complexity index is 1020. The van der Waals surface area contributed by atoms with Crippen molar-refractivity contribution in [1.29, 1.82) is 0 Å². The van der Waals surface area contributed by atoms with Gasteiger partial charge < -0.3 is 5.32 Å². The lowest BCUT2D eigenvalue weighted by Gasteiger charge is -2.19. The molecular weight excluding hydrogens is 387 g/mol. The monoisotopic (exact) mass is 406 g/mol. The summed E-state index contributed by atoms with van der Waals surface area (Å²) in [7, 11) is -3.30. The Kier molecular flexibility index (Phi) is 5.14. The predicted molar refractivity (Wildman–Crippen MR) is 105 cm³/mol. The van der Waals surface area contributed by atoms with Crippen LogP contribution in [0.2, 0.25) is 0 Å². The van der Waals surface area contributed by atoms with E-state index in [1.165, 1.54) is 30.0 Å². The first kappa shape index (κ1) is 19.6. The van der Waals surface area contributed by atoms with Crippen molar-refractivity contribution in [2.75, 3.05) is 6.26 Å². The van der Waals surface area contributed by atoms with Crippen molar-refractivity contribution in [2.45, 2.75) is 29.5 Å². The average Bonchev–Trinajstić information content (AvgIpc) is 2.89. The van der Waals surface area contributed by atoms with Crippen LogP contribution in [0, 0.1) is 5.82 Å². The number of hydrogen-bond donors (Lipinski definition) is 1. The second-order valence-corrected chi connectivity index (χ2v) is 9.94. The molecule has 1 fully saturated rings. The summed E-state index contributed by atoms with van der Waals surface area (Å²) in [5.41, 5.74) is 1.12. The van der Waals surface area contributed by atoms with Crippen molar-refractivity contribution < 1.29 is 17.6 Å². The summed E-state index contributed by atoms with van der Waals surface area (Å²) in [5.74, 6) is -0.595. The van der Waals surface area contributed by atoms with Crippen LogP contribution in [0.4, 0.5) is 4.39 Å². The van der Waals surface area contributed by atoms with Gasteiger partial charge >= 0.3 is 0 Å². The molecular formula is C19H19FN2O3S2. The minimum Gasteiger partial charge on any atom is -0.304 e. The largest absolute Gasteiger partial charge is 0.304 e. The van der Waals surface area contributed by atoms with Gasteiger partial charge in [-0.25, -0.2) is 12.8 Å². The van der Waals surface area contributed by atoms with Gasteiger partial charge in [0, 0.05) is 11.8 Å². The van der Waals surface area contributed by atoms with E-state index in [0.717, 1.165) is 6.26 Å². The summed E-state index contributed by atoms with van der Waals surface area (Å²) >= 11 is 1.23. The predicted octanol–water partition coefficient (Wildman–Crippen LogP) is 3.42. The fraction of sp³-hybridized carbons (Fsp3) is 0.263. The van der Waals surface area contributed by atoms with E-state index >= 15 is 0 Å². The molecule has 0 radical (unpaired) electrons. The highest BCUT2D eigenvalue weighted by Gasteiger charge is 2.44. The molecule has 0 saturated carbocycles. The van der Waals surface area contributed by atoms with Crippen LogP contribution in [0.3, 0.4) is 0 Å². The third-order valence-corrected chi connectivity index (χ3v) is 6.81. The Morgan fingerprint density at radius 2 is 1.78 bits per heavy atom. The molecule has 2 aromatic rings. The molecule has 8 heteroatoms. The Morgan fingerprint density at radius 3 is 2.37 bits per heavy atom. The second-order valence-electron chi connectivity index (χ2n) is 6.52. The zero-order chi connectivity index (χ0) is 19.8. The third kappa shape index (κ3) is 3.91. The Morgan fingerprint density at radius 1 is 1.15 bits per heavy atom. The first-order chi connectivity index (χ1) is 12.6. The molecule has 0 aromatic heterocycles. The molecule has 2 atom stereocenters. The average molecular weight is 407 g/mol. The summed E-state index contributed by atoms with van der Waals surface area (Å²) in [6.45, 7) is 3.51. The van der Waals surface area contributed by atoms with Gasteiger partial charge in [-0.15, -0.1) is 0 Å². The quantitative estimate of drug-likeness (QED) is 0.844. The van der Waals surface area contributed by atoms with Gasteiger partial charge in [0.25, 0.3) is 0 Å². The highest BCUT2D eigenvalue weighted by atomic mass is 32.2. The van der Waals surface area contributed by atoms with Crippen LogP contribution in [0.15, 0.2) is 58.4 Å². The van der Waals surface area contributed by atoms with Crippen LogP contribution in [0.1, 0.15) is 31.0 Å². The number of amides is 1. The molecule has 2 aromatic carbocycles. The molecule has 27 heavy (non-hydrogen) atoms. The molecule has 5 nitrogen and oxygen atoms in total. The number of rotatable bonds is 4. The summed E-state index contributed by atoms with van der Waals surface area (Å²) in [6, 6.07) is 12.2. The number of hydrogen-bond acceptors (Lipinski definition) is 5. The molecule has 142 valence electrons. The van der Waals surface area contributed by atoms with E-state index in [4.69, 9.17) is 0 Å². The minimum atomic E-state index is -3.30. The second kappa shape index (κ2) is 7.09. The molecule has 0 bridgehead atoms. The van der Waals surface area contributed by atoms with E-state index < -0.39 is 20.6 Å². The van der Waals surface area contributed by atoms with Gasteiger partial charge in [-0.1, -0.05) is 42.1 Å². The lowest BCUT2D eigenvalue weighted by molar-refractivity contribution is -0.121. The molecule has 1 saturated heterocycles. The van der Waals surface area contributed by atoms with Gasteiger partial charge in [0.1, 0.15) is 10.6 Å². The summed E-state index contributed by atoms with van der Waals surface area (Å²) in [4.78, 5) is 17.2. The number of aliphatic imine (C=N–C) groups is 1. The first-order valence-electron chi connectivity index (χ1n) is 8.24. The zero-order valence-electron chi connectivity index (χ0n) is 15.1. The van der Waals surface area contributed by atoms with Crippen molar-refractivity contribution in [2.24, 2.45) is 4.99 Å². The number of carbonyl (C=O) groups is 1. The van der Waals surface area contributed by atoms with E-state index in [0.29, 0.717) is 16.3 Å². The number of halogens is 1. The molecule has 0 aliphatic carbocycles. The minimum absolute atomic E-state index is 0.195. The van der Waals surface area contributed by atoms with Gasteiger partial charge in [0.2, 0.25) is 5.91 Å². The highest BCUT2D eigenvalue weighted by Crippen LogP contribution is 2.42. The number of sulfone groups is 1. The van der Waals surface area contributed by atoms with Crippen molar-refractivity contribution >= 4 is 32.7 Å². The van der Waals surface area contributed by atoms with Gasteiger partial charge in [0.05, 0.1) is 10.9 Å². The van der Waals surface area contributed by atoms with Crippen LogP contribution in [0.25, 0.3) is 0 Å². The maximum Gasteiger partial charge on any atom is 0.246 e. The van der Waals surface area contributed by atoms with Crippen LogP contribution in [-0.2, 0) is 19.4 Å². The Labute approximate surface area is 162 Å². The maximum atomic E-state index is 13.9. The van der Waals surface area contributed by atoms with Gasteiger partial charge in [-0.05, 0) is 37.6 Å². The van der Waals surface area contributed by atoms with E-state index in [2.05, 4.69) is 10.3 Å². The Hall–Kier alpha value is -2.19. The third-order valence-electron chi connectivity index (χ3n) is 4.45. The van der Waals surface area contributed by atoms with Crippen LogP contribution >= 0.6 is 11.8 Å².